The van der Waals surface area contributed by atoms with Crippen molar-refractivity contribution in [2.24, 2.45) is 0 Å². The van der Waals surface area contributed by atoms with Crippen molar-refractivity contribution in [2.45, 2.75) is 374 Å². The molecule has 6 heteroatoms. The number of allylic oxidation sites excluding steroid dienone is 10. The fourth-order valence-corrected chi connectivity index (χ4v) is 10.2. The van der Waals surface area contributed by atoms with E-state index in [1.54, 1.807) is 0 Å². The van der Waals surface area contributed by atoms with Crippen LogP contribution in [0.1, 0.15) is 367 Å². The van der Waals surface area contributed by atoms with Crippen LogP contribution >= 0.6 is 0 Å². The molecule has 1 unspecified atom stereocenters. The van der Waals surface area contributed by atoms with E-state index in [1.165, 1.54) is 257 Å². The summed E-state index contributed by atoms with van der Waals surface area (Å²) in [4.78, 5) is 38.4. The highest BCUT2D eigenvalue weighted by Crippen LogP contribution is 2.17. The summed E-state index contributed by atoms with van der Waals surface area (Å²) in [6, 6.07) is 0. The monoisotopic (exact) mass is 1110 g/mol. The summed E-state index contributed by atoms with van der Waals surface area (Å²) in [6.45, 7) is 6.67. The van der Waals surface area contributed by atoms with E-state index in [2.05, 4.69) is 81.5 Å². The first-order valence-electron chi connectivity index (χ1n) is 34.8. The highest BCUT2D eigenvalue weighted by Gasteiger charge is 2.19. The van der Waals surface area contributed by atoms with Crippen molar-refractivity contribution in [3.63, 3.8) is 0 Å². The molecule has 0 heterocycles. The Hall–Kier alpha value is -2.89. The van der Waals surface area contributed by atoms with Crippen molar-refractivity contribution < 1.29 is 28.6 Å². The molecule has 0 N–H and O–H groups in total. The van der Waals surface area contributed by atoms with Crippen LogP contribution in [0.3, 0.4) is 0 Å². The van der Waals surface area contributed by atoms with Gasteiger partial charge < -0.3 is 14.2 Å². The molecule has 0 aliphatic carbocycles. The molecule has 0 aromatic carbocycles. The Morgan fingerprint density at radius 3 is 0.722 bits per heavy atom. The summed E-state index contributed by atoms with van der Waals surface area (Å²) < 4.78 is 17.0. The number of ether oxygens (including phenoxy) is 3. The third-order valence-electron chi connectivity index (χ3n) is 15.5. The van der Waals surface area contributed by atoms with Gasteiger partial charge in [0.05, 0.1) is 0 Å². The van der Waals surface area contributed by atoms with Crippen LogP contribution in [0, 0.1) is 0 Å². The van der Waals surface area contributed by atoms with Crippen molar-refractivity contribution in [1.82, 2.24) is 0 Å². The van der Waals surface area contributed by atoms with Crippen LogP contribution in [-0.2, 0) is 28.6 Å². The van der Waals surface area contributed by atoms with E-state index in [4.69, 9.17) is 14.2 Å². The molecular formula is C73H132O6. The van der Waals surface area contributed by atoms with Crippen molar-refractivity contribution in [1.29, 1.82) is 0 Å². The first-order chi connectivity index (χ1) is 39.0. The van der Waals surface area contributed by atoms with Crippen LogP contribution in [0.5, 0.6) is 0 Å². The fraction of sp³-hybridized carbons (Fsp3) is 0.822. The van der Waals surface area contributed by atoms with E-state index in [0.717, 1.165) is 70.6 Å². The molecule has 0 aliphatic rings. The molecule has 79 heavy (non-hydrogen) atoms. The minimum Gasteiger partial charge on any atom is -0.462 e. The van der Waals surface area contributed by atoms with Crippen molar-refractivity contribution in [3.8, 4) is 0 Å². The first-order valence-corrected chi connectivity index (χ1v) is 34.8. The van der Waals surface area contributed by atoms with E-state index in [-0.39, 0.29) is 31.1 Å². The van der Waals surface area contributed by atoms with Gasteiger partial charge in [0.15, 0.2) is 6.10 Å². The molecular weight excluding hydrogens is 973 g/mol. The van der Waals surface area contributed by atoms with E-state index < -0.39 is 6.10 Å². The van der Waals surface area contributed by atoms with Gasteiger partial charge in [0.25, 0.3) is 0 Å². The summed E-state index contributed by atoms with van der Waals surface area (Å²) >= 11 is 0. The van der Waals surface area contributed by atoms with Crippen molar-refractivity contribution >= 4 is 17.9 Å². The fourth-order valence-electron chi connectivity index (χ4n) is 10.2. The van der Waals surface area contributed by atoms with Crippen LogP contribution in [0.2, 0.25) is 0 Å². The lowest BCUT2D eigenvalue weighted by Gasteiger charge is -2.18. The lowest BCUT2D eigenvalue weighted by Crippen LogP contribution is -2.30. The Kier molecular flexibility index (Phi) is 65.1. The number of hydrogen-bond donors (Lipinski definition) is 0. The predicted molar refractivity (Wildman–Crippen MR) is 344 cm³/mol. The summed E-state index contributed by atoms with van der Waals surface area (Å²) in [7, 11) is 0. The van der Waals surface area contributed by atoms with Crippen LogP contribution in [0.15, 0.2) is 60.8 Å². The third-order valence-corrected chi connectivity index (χ3v) is 15.5. The van der Waals surface area contributed by atoms with Crippen molar-refractivity contribution in [3.05, 3.63) is 60.8 Å². The van der Waals surface area contributed by atoms with Gasteiger partial charge in [0, 0.05) is 19.3 Å². The first kappa shape index (κ1) is 76.1. The molecule has 0 bridgehead atoms. The Bertz CT molecular complexity index is 1410. The van der Waals surface area contributed by atoms with Gasteiger partial charge in [-0.1, -0.05) is 300 Å². The molecule has 0 spiro atoms. The topological polar surface area (TPSA) is 78.9 Å². The maximum absolute atomic E-state index is 12.9. The number of esters is 3. The largest absolute Gasteiger partial charge is 0.462 e. The minimum absolute atomic E-state index is 0.0770. The number of hydrogen-bond acceptors (Lipinski definition) is 6. The molecule has 0 saturated carbocycles. The molecule has 0 aliphatic heterocycles. The minimum atomic E-state index is -0.781. The zero-order chi connectivity index (χ0) is 57.1. The Balaban J connectivity index is 4.34. The second-order valence-electron chi connectivity index (χ2n) is 23.4. The predicted octanol–water partition coefficient (Wildman–Crippen LogP) is 23.9. The van der Waals surface area contributed by atoms with Gasteiger partial charge in [0.1, 0.15) is 13.2 Å². The maximum atomic E-state index is 12.9. The Morgan fingerprint density at radius 1 is 0.253 bits per heavy atom. The molecule has 0 rings (SSSR count). The quantitative estimate of drug-likeness (QED) is 0.0261. The summed E-state index contributed by atoms with van der Waals surface area (Å²) in [5, 5.41) is 0. The standard InChI is InChI=1S/C73H132O6/c1-4-7-10-13-16-19-22-25-28-31-34-35-36-37-38-39-40-43-45-48-51-54-57-60-63-66-72(75)78-69-70(79-73(76)67-64-61-58-55-52-49-46-42-33-30-27-24-21-18-15-12-9-6-3)68-77-71(74)65-62-59-56-53-50-47-44-41-32-29-26-23-20-17-14-11-8-5-2/h22,25,29-34,36-37,70H,4-21,23-24,26-28,35,38-69H2,1-3H3/b25-22-,32-29-,33-30-,34-31-,37-36-. The van der Waals surface area contributed by atoms with E-state index >= 15 is 0 Å². The second kappa shape index (κ2) is 67.6. The van der Waals surface area contributed by atoms with E-state index in [9.17, 15) is 14.4 Å². The maximum Gasteiger partial charge on any atom is 0.306 e. The van der Waals surface area contributed by atoms with Crippen LogP contribution in [-0.4, -0.2) is 37.2 Å². The summed E-state index contributed by atoms with van der Waals surface area (Å²) in [5.41, 5.74) is 0. The molecule has 0 radical (unpaired) electrons. The van der Waals surface area contributed by atoms with Crippen molar-refractivity contribution in [2.75, 3.05) is 13.2 Å². The number of carbonyl (C=O) groups is 3. The van der Waals surface area contributed by atoms with Crippen LogP contribution in [0.4, 0.5) is 0 Å². The molecule has 1 atom stereocenters. The number of unbranched alkanes of at least 4 members (excludes halogenated alkanes) is 43. The average Bonchev–Trinajstić information content (AvgIpc) is 3.45. The van der Waals surface area contributed by atoms with Crippen LogP contribution in [0.25, 0.3) is 0 Å². The number of rotatable bonds is 64. The van der Waals surface area contributed by atoms with Crippen LogP contribution < -0.4 is 0 Å². The molecule has 6 nitrogen and oxygen atoms in total. The zero-order valence-electron chi connectivity index (χ0n) is 52.9. The number of carbonyl (C=O) groups excluding carboxylic acids is 3. The van der Waals surface area contributed by atoms with E-state index in [0.29, 0.717) is 19.3 Å². The summed E-state index contributed by atoms with van der Waals surface area (Å²) in [6.07, 6.45) is 86.6. The SMILES string of the molecule is CCCCCCC/C=C\C/C=C\C/C=C\CCCCCCCCCCCCC(=O)OCC(COC(=O)CCCCCCCCC/C=C\CCCCCCCCC)OC(=O)CCCCCCCCC/C=C\CCCCCCCCC. The van der Waals surface area contributed by atoms with Gasteiger partial charge in [-0.15, -0.1) is 0 Å². The second-order valence-corrected chi connectivity index (χ2v) is 23.4. The Morgan fingerprint density at radius 2 is 0.456 bits per heavy atom. The van der Waals surface area contributed by atoms with Gasteiger partial charge >= 0.3 is 17.9 Å². The highest BCUT2D eigenvalue weighted by molar-refractivity contribution is 5.71. The molecule has 0 aromatic heterocycles. The molecule has 0 fully saturated rings. The van der Waals surface area contributed by atoms with E-state index in [1.807, 2.05) is 0 Å². The summed E-state index contributed by atoms with van der Waals surface area (Å²) in [5.74, 6) is -0.868. The lowest BCUT2D eigenvalue weighted by atomic mass is 10.1. The third kappa shape index (κ3) is 65.8. The normalized spacial score (nSPS) is 12.4. The highest BCUT2D eigenvalue weighted by atomic mass is 16.6. The molecule has 0 saturated heterocycles. The Labute approximate surface area is 491 Å². The molecule has 0 aromatic rings. The smallest absolute Gasteiger partial charge is 0.306 e. The average molecular weight is 1110 g/mol. The molecule has 0 amide bonds. The van der Waals surface area contributed by atoms with Gasteiger partial charge in [0.2, 0.25) is 0 Å². The van der Waals surface area contributed by atoms with Gasteiger partial charge in [-0.3, -0.25) is 14.4 Å². The van der Waals surface area contributed by atoms with Gasteiger partial charge in [-0.2, -0.15) is 0 Å². The van der Waals surface area contributed by atoms with Gasteiger partial charge in [-0.25, -0.2) is 0 Å². The lowest BCUT2D eigenvalue weighted by molar-refractivity contribution is -0.167. The zero-order valence-corrected chi connectivity index (χ0v) is 52.9. The molecule has 460 valence electrons. The van der Waals surface area contributed by atoms with Gasteiger partial charge in [-0.05, 0) is 109 Å².